The van der Waals surface area contributed by atoms with Crippen molar-refractivity contribution >= 4 is 21.9 Å². The van der Waals surface area contributed by atoms with E-state index in [4.69, 9.17) is 4.42 Å². The van der Waals surface area contributed by atoms with Crippen LogP contribution in [0.2, 0.25) is 0 Å². The lowest BCUT2D eigenvalue weighted by atomic mass is 10.1. The molecule has 0 amide bonds. The topological polar surface area (TPSA) is 43.1 Å². The molecule has 3 aromatic rings. The van der Waals surface area contributed by atoms with E-state index in [1.165, 1.54) is 12.3 Å². The number of rotatable bonds is 0. The van der Waals surface area contributed by atoms with E-state index in [1.54, 1.807) is 12.3 Å². The third-order valence-electron chi connectivity index (χ3n) is 2.41. The molecule has 2 aromatic heterocycles. The highest BCUT2D eigenvalue weighted by molar-refractivity contribution is 6.03. The molecule has 0 fully saturated rings. The Balaban J connectivity index is 2.70. The minimum atomic E-state index is -0.0325. The summed E-state index contributed by atoms with van der Waals surface area (Å²) in [4.78, 5) is 15.9. The first-order chi connectivity index (χ1) is 7.36. The van der Waals surface area contributed by atoms with Crippen LogP contribution in [0, 0.1) is 0 Å². The molecule has 0 saturated heterocycles. The predicted octanol–water partition coefficient (Wildman–Crippen LogP) is 2.34. The van der Waals surface area contributed by atoms with Gasteiger partial charge in [-0.2, -0.15) is 0 Å². The highest BCUT2D eigenvalue weighted by Gasteiger charge is 2.04. The van der Waals surface area contributed by atoms with E-state index in [9.17, 15) is 4.79 Å². The summed E-state index contributed by atoms with van der Waals surface area (Å²) in [6.07, 6.45) is 3.12. The van der Waals surface area contributed by atoms with E-state index in [0.717, 1.165) is 10.9 Å². The van der Waals surface area contributed by atoms with Gasteiger partial charge in [0.25, 0.3) is 0 Å². The van der Waals surface area contributed by atoms with Crippen molar-refractivity contribution in [2.24, 2.45) is 0 Å². The number of hydrogen-bond donors (Lipinski definition) is 0. The molecule has 0 atom stereocenters. The van der Waals surface area contributed by atoms with E-state index < -0.39 is 0 Å². The number of fused-ring (bicyclic) bond motifs is 3. The van der Waals surface area contributed by atoms with Crippen molar-refractivity contribution in [3.63, 3.8) is 0 Å². The van der Waals surface area contributed by atoms with E-state index >= 15 is 0 Å². The first-order valence-electron chi connectivity index (χ1n) is 4.61. The normalized spacial score (nSPS) is 10.9. The maximum absolute atomic E-state index is 11.7. The van der Waals surface area contributed by atoms with Gasteiger partial charge in [-0.05, 0) is 18.2 Å². The Morgan fingerprint density at radius 2 is 2.07 bits per heavy atom. The zero-order valence-electron chi connectivity index (χ0n) is 7.81. The molecule has 0 N–H and O–H groups in total. The molecule has 0 bridgehead atoms. The molecule has 0 radical (unpaired) electrons. The largest absolute Gasteiger partial charge is 0.464 e. The van der Waals surface area contributed by atoms with Gasteiger partial charge in [-0.1, -0.05) is 6.07 Å². The second-order valence-electron chi connectivity index (χ2n) is 3.29. The van der Waals surface area contributed by atoms with Gasteiger partial charge in [-0.25, -0.2) is 0 Å². The molecule has 0 aliphatic heterocycles. The maximum atomic E-state index is 11.7. The van der Waals surface area contributed by atoms with Gasteiger partial charge in [0.2, 0.25) is 0 Å². The quantitative estimate of drug-likeness (QED) is 0.519. The van der Waals surface area contributed by atoms with Crippen molar-refractivity contribution in [1.82, 2.24) is 4.98 Å². The van der Waals surface area contributed by atoms with Gasteiger partial charge in [0.1, 0.15) is 5.58 Å². The van der Waals surface area contributed by atoms with Crippen LogP contribution in [-0.4, -0.2) is 4.98 Å². The van der Waals surface area contributed by atoms with Crippen molar-refractivity contribution in [3.05, 3.63) is 53.0 Å². The smallest absolute Gasteiger partial charge is 0.193 e. The SMILES string of the molecule is O=c1ccoc2ccc3ncccc3c12. The second-order valence-corrected chi connectivity index (χ2v) is 3.29. The minimum Gasteiger partial charge on any atom is -0.464 e. The molecule has 0 aliphatic carbocycles. The van der Waals surface area contributed by atoms with Crippen LogP contribution >= 0.6 is 0 Å². The van der Waals surface area contributed by atoms with Crippen LogP contribution < -0.4 is 5.43 Å². The maximum Gasteiger partial charge on any atom is 0.193 e. The van der Waals surface area contributed by atoms with Gasteiger partial charge in [0.15, 0.2) is 5.43 Å². The van der Waals surface area contributed by atoms with Crippen molar-refractivity contribution in [2.45, 2.75) is 0 Å². The molecule has 0 spiro atoms. The minimum absolute atomic E-state index is 0.0325. The predicted molar refractivity (Wildman–Crippen MR) is 57.8 cm³/mol. The van der Waals surface area contributed by atoms with Crippen LogP contribution in [0.3, 0.4) is 0 Å². The lowest BCUT2D eigenvalue weighted by Gasteiger charge is -1.99. The Kier molecular flexibility index (Phi) is 1.59. The summed E-state index contributed by atoms with van der Waals surface area (Å²) < 4.78 is 5.27. The van der Waals surface area contributed by atoms with Crippen LogP contribution in [-0.2, 0) is 0 Å². The number of nitrogens with zero attached hydrogens (tertiary/aromatic N) is 1. The summed E-state index contributed by atoms with van der Waals surface area (Å²) in [7, 11) is 0. The average Bonchev–Trinajstić information content (AvgIpc) is 2.29. The van der Waals surface area contributed by atoms with E-state index in [2.05, 4.69) is 4.98 Å². The summed E-state index contributed by atoms with van der Waals surface area (Å²) in [6, 6.07) is 8.73. The molecular formula is C12H7NO2. The summed E-state index contributed by atoms with van der Waals surface area (Å²) in [5, 5.41) is 1.44. The number of pyridine rings is 1. The highest BCUT2D eigenvalue weighted by Crippen LogP contribution is 2.20. The van der Waals surface area contributed by atoms with Gasteiger partial charge in [-0.3, -0.25) is 9.78 Å². The highest BCUT2D eigenvalue weighted by atomic mass is 16.3. The molecule has 0 saturated carbocycles. The Morgan fingerprint density at radius 1 is 1.13 bits per heavy atom. The molecule has 2 heterocycles. The van der Waals surface area contributed by atoms with Gasteiger partial charge in [-0.15, -0.1) is 0 Å². The molecule has 0 aliphatic rings. The fourth-order valence-corrected chi connectivity index (χ4v) is 1.74. The summed E-state index contributed by atoms with van der Waals surface area (Å²) >= 11 is 0. The molecule has 1 aromatic carbocycles. The zero-order valence-corrected chi connectivity index (χ0v) is 7.81. The average molecular weight is 197 g/mol. The molecule has 15 heavy (non-hydrogen) atoms. The van der Waals surface area contributed by atoms with Crippen LogP contribution in [0.1, 0.15) is 0 Å². The monoisotopic (exact) mass is 197 g/mol. The molecule has 72 valence electrons. The first kappa shape index (κ1) is 8.17. The standard InChI is InChI=1S/C12H7NO2/c14-10-5-7-15-11-4-3-9-8(12(10)11)2-1-6-13-9/h1-7H. The van der Waals surface area contributed by atoms with Crippen LogP contribution in [0.15, 0.2) is 52.0 Å². The molecule has 0 unspecified atom stereocenters. The zero-order chi connectivity index (χ0) is 10.3. The van der Waals surface area contributed by atoms with Crippen LogP contribution in [0.4, 0.5) is 0 Å². The van der Waals surface area contributed by atoms with E-state index in [0.29, 0.717) is 11.0 Å². The van der Waals surface area contributed by atoms with Gasteiger partial charge in [0, 0.05) is 17.6 Å². The molecule has 3 heteroatoms. The fourth-order valence-electron chi connectivity index (χ4n) is 1.74. The van der Waals surface area contributed by atoms with Crippen molar-refractivity contribution < 1.29 is 4.42 Å². The third-order valence-corrected chi connectivity index (χ3v) is 2.41. The lowest BCUT2D eigenvalue weighted by Crippen LogP contribution is -1.98. The summed E-state index contributed by atoms with van der Waals surface area (Å²) in [5.74, 6) is 0. The number of hydrogen-bond acceptors (Lipinski definition) is 3. The van der Waals surface area contributed by atoms with E-state index in [1.807, 2.05) is 18.2 Å². The second kappa shape index (κ2) is 2.92. The Bertz CT molecular complexity index is 700. The van der Waals surface area contributed by atoms with Crippen LogP contribution in [0.5, 0.6) is 0 Å². The first-order valence-corrected chi connectivity index (χ1v) is 4.61. The summed E-state index contributed by atoms with van der Waals surface area (Å²) in [6.45, 7) is 0. The third kappa shape index (κ3) is 1.13. The van der Waals surface area contributed by atoms with E-state index in [-0.39, 0.29) is 5.43 Å². The molecular weight excluding hydrogens is 190 g/mol. The van der Waals surface area contributed by atoms with Gasteiger partial charge >= 0.3 is 0 Å². The fraction of sp³-hybridized carbons (Fsp3) is 0. The Labute approximate surface area is 85.0 Å². The molecule has 3 nitrogen and oxygen atoms in total. The lowest BCUT2D eigenvalue weighted by molar-refractivity contribution is 0.603. The van der Waals surface area contributed by atoms with Crippen molar-refractivity contribution in [3.8, 4) is 0 Å². The van der Waals surface area contributed by atoms with Crippen molar-refractivity contribution in [2.75, 3.05) is 0 Å². The van der Waals surface area contributed by atoms with Crippen molar-refractivity contribution in [1.29, 1.82) is 0 Å². The van der Waals surface area contributed by atoms with Crippen LogP contribution in [0.25, 0.3) is 21.9 Å². The Morgan fingerprint density at radius 3 is 3.00 bits per heavy atom. The van der Waals surface area contributed by atoms with Gasteiger partial charge in [0.05, 0.1) is 17.2 Å². The Hall–Kier alpha value is -2.16. The molecule has 3 rings (SSSR count). The number of benzene rings is 1. The van der Waals surface area contributed by atoms with Gasteiger partial charge < -0.3 is 4.42 Å². The number of aromatic nitrogens is 1. The summed E-state index contributed by atoms with van der Waals surface area (Å²) in [5.41, 5.74) is 1.38.